The molecule has 7 heteroatoms. The number of para-hydroxylation sites is 1. The number of amides is 1. The molecule has 18 heavy (non-hydrogen) atoms. The molecule has 2 aromatic heterocycles. The van der Waals surface area contributed by atoms with Crippen molar-refractivity contribution in [2.75, 3.05) is 5.43 Å². The van der Waals surface area contributed by atoms with Crippen LogP contribution < -0.4 is 10.9 Å². The highest BCUT2D eigenvalue weighted by atomic mass is 16.1. The van der Waals surface area contributed by atoms with Crippen molar-refractivity contribution >= 4 is 34.4 Å². The normalized spacial score (nSPS) is 10.7. The Balaban J connectivity index is 2.24. The molecule has 2 N–H and O–H groups in total. The lowest BCUT2D eigenvalue weighted by atomic mass is 10.2. The summed E-state index contributed by atoms with van der Waals surface area (Å²) >= 11 is 0. The van der Waals surface area contributed by atoms with Crippen molar-refractivity contribution in [1.82, 2.24) is 25.2 Å². The Bertz CT molecular complexity index is 735. The highest BCUT2D eigenvalue weighted by Gasteiger charge is 2.11. The minimum Gasteiger partial charge on any atom is -0.327 e. The number of nitrogens with one attached hydrogen (secondary N) is 2. The van der Waals surface area contributed by atoms with Gasteiger partial charge in [-0.2, -0.15) is 4.98 Å². The SMILES string of the molecule is Cn1c2ccccc2c2nnc(NNC=O)nc21. The maximum Gasteiger partial charge on any atom is 0.263 e. The molecule has 1 aromatic carbocycles. The van der Waals surface area contributed by atoms with E-state index in [-0.39, 0.29) is 5.95 Å². The van der Waals surface area contributed by atoms with E-state index in [0.29, 0.717) is 12.1 Å². The molecule has 0 aliphatic heterocycles. The Hall–Kier alpha value is -2.70. The first-order valence-electron chi connectivity index (χ1n) is 5.34. The van der Waals surface area contributed by atoms with Crippen LogP contribution in [0.3, 0.4) is 0 Å². The first kappa shape index (κ1) is 10.5. The third-order valence-electron chi connectivity index (χ3n) is 2.75. The van der Waals surface area contributed by atoms with E-state index >= 15 is 0 Å². The number of rotatable bonds is 3. The molecule has 90 valence electrons. The average Bonchev–Trinajstić information content (AvgIpc) is 2.71. The number of carbonyl (C=O) groups excluding carboxylic acids is 1. The monoisotopic (exact) mass is 242 g/mol. The van der Waals surface area contributed by atoms with Crippen LogP contribution in [0.15, 0.2) is 24.3 Å². The lowest BCUT2D eigenvalue weighted by Gasteiger charge is -2.01. The van der Waals surface area contributed by atoms with E-state index in [1.165, 1.54) is 0 Å². The maximum atomic E-state index is 10.2. The molecular weight excluding hydrogens is 232 g/mol. The van der Waals surface area contributed by atoms with Crippen LogP contribution in [0.1, 0.15) is 0 Å². The maximum absolute atomic E-state index is 10.2. The van der Waals surface area contributed by atoms with Crippen molar-refractivity contribution in [3.63, 3.8) is 0 Å². The highest BCUT2D eigenvalue weighted by molar-refractivity contribution is 6.04. The van der Waals surface area contributed by atoms with Gasteiger partial charge in [0.2, 0.25) is 6.41 Å². The van der Waals surface area contributed by atoms with E-state index in [2.05, 4.69) is 26.0 Å². The van der Waals surface area contributed by atoms with Gasteiger partial charge in [-0.1, -0.05) is 18.2 Å². The van der Waals surface area contributed by atoms with Gasteiger partial charge in [0.05, 0.1) is 5.52 Å². The van der Waals surface area contributed by atoms with Gasteiger partial charge in [-0.15, -0.1) is 10.2 Å². The van der Waals surface area contributed by atoms with Crippen LogP contribution in [0.4, 0.5) is 5.95 Å². The van der Waals surface area contributed by atoms with E-state index in [4.69, 9.17) is 0 Å². The number of hydrazine groups is 1. The first-order valence-corrected chi connectivity index (χ1v) is 5.34. The van der Waals surface area contributed by atoms with Gasteiger partial charge in [0.25, 0.3) is 5.95 Å². The molecule has 1 amide bonds. The molecule has 3 rings (SSSR count). The summed E-state index contributed by atoms with van der Waals surface area (Å²) in [5.74, 6) is 0.250. The van der Waals surface area contributed by atoms with Gasteiger partial charge in [0.1, 0.15) is 5.52 Å². The van der Waals surface area contributed by atoms with Crippen molar-refractivity contribution in [3.05, 3.63) is 24.3 Å². The molecule has 0 saturated heterocycles. The van der Waals surface area contributed by atoms with E-state index in [0.717, 1.165) is 16.4 Å². The second-order valence-electron chi connectivity index (χ2n) is 3.77. The lowest BCUT2D eigenvalue weighted by Crippen LogP contribution is -2.21. The number of nitrogens with zero attached hydrogens (tertiary/aromatic N) is 4. The third-order valence-corrected chi connectivity index (χ3v) is 2.75. The quantitative estimate of drug-likeness (QED) is 0.518. The molecule has 0 spiro atoms. The molecule has 3 aromatic rings. The zero-order valence-electron chi connectivity index (χ0n) is 9.58. The van der Waals surface area contributed by atoms with Crippen molar-refractivity contribution in [1.29, 1.82) is 0 Å². The van der Waals surface area contributed by atoms with Gasteiger partial charge in [-0.05, 0) is 6.07 Å². The Morgan fingerprint density at radius 1 is 1.28 bits per heavy atom. The molecule has 0 atom stereocenters. The summed E-state index contributed by atoms with van der Waals surface area (Å²) in [5.41, 5.74) is 7.31. The topological polar surface area (TPSA) is 84.7 Å². The van der Waals surface area contributed by atoms with Gasteiger partial charge in [-0.3, -0.25) is 15.6 Å². The summed E-state index contributed by atoms with van der Waals surface area (Å²) in [6.45, 7) is 0. The fraction of sp³-hybridized carbons (Fsp3) is 0.0909. The summed E-state index contributed by atoms with van der Waals surface area (Å²) < 4.78 is 1.94. The van der Waals surface area contributed by atoms with Gasteiger partial charge in [-0.25, -0.2) is 0 Å². The second-order valence-corrected chi connectivity index (χ2v) is 3.77. The number of fused-ring (bicyclic) bond motifs is 3. The molecule has 0 aliphatic carbocycles. The van der Waals surface area contributed by atoms with Crippen LogP contribution in [0.25, 0.3) is 22.1 Å². The summed E-state index contributed by atoms with van der Waals surface area (Å²) in [5, 5.41) is 9.04. The van der Waals surface area contributed by atoms with Crippen LogP contribution >= 0.6 is 0 Å². The van der Waals surface area contributed by atoms with Gasteiger partial charge in [0, 0.05) is 12.4 Å². The summed E-state index contributed by atoms with van der Waals surface area (Å²) in [4.78, 5) is 14.5. The van der Waals surface area contributed by atoms with Crippen LogP contribution in [0.5, 0.6) is 0 Å². The molecule has 0 fully saturated rings. The molecule has 0 aliphatic rings. The molecule has 7 nitrogen and oxygen atoms in total. The Kier molecular flexibility index (Phi) is 2.30. The van der Waals surface area contributed by atoms with Crippen molar-refractivity contribution in [3.8, 4) is 0 Å². The minimum absolute atomic E-state index is 0.250. The van der Waals surface area contributed by atoms with Gasteiger partial charge < -0.3 is 4.57 Å². The largest absolute Gasteiger partial charge is 0.327 e. The smallest absolute Gasteiger partial charge is 0.263 e. The van der Waals surface area contributed by atoms with Crippen LogP contribution in [-0.2, 0) is 11.8 Å². The fourth-order valence-electron chi connectivity index (χ4n) is 1.95. The summed E-state index contributed by atoms with van der Waals surface area (Å²) in [6, 6.07) is 7.88. The minimum atomic E-state index is 0.250. The zero-order valence-corrected chi connectivity index (χ0v) is 9.58. The van der Waals surface area contributed by atoms with E-state index in [1.807, 2.05) is 35.9 Å². The predicted molar refractivity (Wildman–Crippen MR) is 66.6 cm³/mol. The summed E-state index contributed by atoms with van der Waals surface area (Å²) in [6.07, 6.45) is 0.509. The number of hydrogen-bond donors (Lipinski definition) is 2. The third kappa shape index (κ3) is 1.45. The van der Waals surface area contributed by atoms with Crippen LogP contribution in [-0.4, -0.2) is 26.2 Å². The molecule has 0 unspecified atom stereocenters. The molecule has 0 saturated carbocycles. The number of anilines is 1. The van der Waals surface area contributed by atoms with Gasteiger partial charge in [0.15, 0.2) is 5.65 Å². The lowest BCUT2D eigenvalue weighted by molar-refractivity contribution is -0.109. The Morgan fingerprint density at radius 3 is 2.94 bits per heavy atom. The Labute approximate surface area is 102 Å². The van der Waals surface area contributed by atoms with E-state index < -0.39 is 0 Å². The fourth-order valence-corrected chi connectivity index (χ4v) is 1.95. The molecular formula is C11H10N6O. The van der Waals surface area contributed by atoms with Crippen LogP contribution in [0, 0.1) is 0 Å². The van der Waals surface area contributed by atoms with E-state index in [1.54, 1.807) is 0 Å². The van der Waals surface area contributed by atoms with Crippen molar-refractivity contribution in [2.24, 2.45) is 7.05 Å². The molecule has 0 bridgehead atoms. The average molecular weight is 242 g/mol. The molecule has 2 heterocycles. The second kappa shape index (κ2) is 3.95. The molecule has 0 radical (unpaired) electrons. The van der Waals surface area contributed by atoms with Crippen LogP contribution in [0.2, 0.25) is 0 Å². The van der Waals surface area contributed by atoms with E-state index in [9.17, 15) is 4.79 Å². The number of aromatic nitrogens is 4. The number of hydrogen-bond acceptors (Lipinski definition) is 5. The zero-order chi connectivity index (χ0) is 12.5. The predicted octanol–water partition coefficient (Wildman–Crippen LogP) is 0.589. The first-order chi connectivity index (χ1) is 8.81. The number of aryl methyl sites for hydroxylation is 1. The standard InChI is InChI=1S/C11H10N6O/c1-17-8-5-3-2-4-7(8)9-10(17)13-11(16-14-9)15-12-6-18/h2-6H,1H3,(H,12,18)(H,13,15,16). The van der Waals surface area contributed by atoms with Crippen molar-refractivity contribution in [2.45, 2.75) is 0 Å². The summed E-state index contributed by atoms with van der Waals surface area (Å²) in [7, 11) is 1.91. The number of carbonyl (C=O) groups is 1. The van der Waals surface area contributed by atoms with Crippen molar-refractivity contribution < 1.29 is 4.79 Å². The Morgan fingerprint density at radius 2 is 2.11 bits per heavy atom. The number of benzene rings is 1. The van der Waals surface area contributed by atoms with Gasteiger partial charge >= 0.3 is 0 Å². The highest BCUT2D eigenvalue weighted by Crippen LogP contribution is 2.24.